The number of hydrogen-bond donors (Lipinski definition) is 1. The lowest BCUT2D eigenvalue weighted by molar-refractivity contribution is -0.207. The summed E-state index contributed by atoms with van der Waals surface area (Å²) in [5.41, 5.74) is 3.77. The molecule has 0 amide bonds. The van der Waals surface area contributed by atoms with Gasteiger partial charge in [-0.1, -0.05) is 78.9 Å². The predicted molar refractivity (Wildman–Crippen MR) is 225 cm³/mol. The number of ether oxygens (including phenoxy) is 9. The lowest BCUT2D eigenvalue weighted by atomic mass is 9.85. The Kier molecular flexibility index (Phi) is 14.1. The maximum Gasteiger partial charge on any atom is 0.184 e. The van der Waals surface area contributed by atoms with Crippen molar-refractivity contribution >= 4 is 21.5 Å². The van der Waals surface area contributed by atoms with Gasteiger partial charge in [0.25, 0.3) is 0 Å². The summed E-state index contributed by atoms with van der Waals surface area (Å²) < 4.78 is 55.1. The second-order valence-corrected chi connectivity index (χ2v) is 14.2. The fourth-order valence-corrected chi connectivity index (χ4v) is 7.76. The molecule has 58 heavy (non-hydrogen) atoms. The van der Waals surface area contributed by atoms with Gasteiger partial charge < -0.3 is 47.9 Å². The molecule has 0 bridgehead atoms. The Labute approximate surface area is 340 Å². The zero-order chi connectivity index (χ0) is 40.3. The van der Waals surface area contributed by atoms with Crippen molar-refractivity contribution in [1.82, 2.24) is 5.32 Å². The van der Waals surface area contributed by atoms with Crippen molar-refractivity contribution in [3.63, 3.8) is 0 Å². The van der Waals surface area contributed by atoms with Crippen LogP contribution >= 0.6 is 0 Å². The lowest BCUT2D eigenvalue weighted by Gasteiger charge is -2.41. The maximum absolute atomic E-state index is 6.93. The van der Waals surface area contributed by atoms with Crippen LogP contribution < -0.4 is 24.3 Å². The second kappa shape index (κ2) is 20.0. The Balaban J connectivity index is 1.11. The maximum atomic E-state index is 6.93. The smallest absolute Gasteiger partial charge is 0.184 e. The summed E-state index contributed by atoms with van der Waals surface area (Å²) in [6.45, 7) is 2.72. The van der Waals surface area contributed by atoms with E-state index in [1.54, 1.807) is 35.5 Å². The van der Waals surface area contributed by atoms with Gasteiger partial charge in [-0.3, -0.25) is 0 Å². The van der Waals surface area contributed by atoms with Gasteiger partial charge in [0.2, 0.25) is 0 Å². The van der Waals surface area contributed by atoms with Crippen LogP contribution in [0.15, 0.2) is 121 Å². The highest BCUT2D eigenvalue weighted by Crippen LogP contribution is 2.39. The molecule has 10 nitrogen and oxygen atoms in total. The average Bonchev–Trinajstić information content (AvgIpc) is 3.28. The van der Waals surface area contributed by atoms with Crippen LogP contribution in [0.25, 0.3) is 21.5 Å². The van der Waals surface area contributed by atoms with Crippen molar-refractivity contribution < 1.29 is 42.6 Å². The molecule has 2 unspecified atom stereocenters. The van der Waals surface area contributed by atoms with Crippen molar-refractivity contribution in [1.29, 1.82) is 0 Å². The molecule has 1 saturated heterocycles. The number of para-hydroxylation sites is 1. The molecule has 0 saturated carbocycles. The first-order chi connectivity index (χ1) is 28.5. The molecule has 10 heteroatoms. The molecular formula is C48H53NO9. The van der Waals surface area contributed by atoms with Gasteiger partial charge in [0.15, 0.2) is 12.6 Å². The molecule has 0 aromatic heterocycles. The zero-order valence-corrected chi connectivity index (χ0v) is 33.9. The van der Waals surface area contributed by atoms with Crippen molar-refractivity contribution in [2.75, 3.05) is 61.9 Å². The summed E-state index contributed by atoms with van der Waals surface area (Å²) in [5, 5.41) is 7.68. The highest BCUT2D eigenvalue weighted by molar-refractivity contribution is 5.90. The van der Waals surface area contributed by atoms with Gasteiger partial charge in [-0.15, -0.1) is 0 Å². The molecule has 6 aromatic carbocycles. The molecule has 1 aliphatic heterocycles. The molecule has 0 aliphatic carbocycles. The first-order valence-electron chi connectivity index (χ1n) is 19.7. The third-order valence-electron chi connectivity index (χ3n) is 10.6. The number of benzene rings is 6. The summed E-state index contributed by atoms with van der Waals surface area (Å²) in [5.74, 6) is 2.90. The van der Waals surface area contributed by atoms with Crippen LogP contribution in [-0.4, -0.2) is 74.1 Å². The normalized spacial score (nSPS) is 17.8. The van der Waals surface area contributed by atoms with E-state index in [-0.39, 0.29) is 18.1 Å². The summed E-state index contributed by atoms with van der Waals surface area (Å²) in [6.07, 6.45) is -1.31. The number of nitrogens with one attached hydrogen (secondary N) is 1. The minimum Gasteiger partial charge on any atom is -0.496 e. The Morgan fingerprint density at radius 3 is 1.66 bits per heavy atom. The van der Waals surface area contributed by atoms with Crippen LogP contribution in [0.2, 0.25) is 0 Å². The average molecular weight is 788 g/mol. The Morgan fingerprint density at radius 2 is 1.10 bits per heavy atom. The molecule has 0 spiro atoms. The molecule has 7 rings (SSSR count). The van der Waals surface area contributed by atoms with Crippen molar-refractivity contribution in [3.8, 4) is 23.0 Å². The van der Waals surface area contributed by atoms with E-state index in [0.717, 1.165) is 73.2 Å². The Hall–Kier alpha value is -5.20. The summed E-state index contributed by atoms with van der Waals surface area (Å²) in [4.78, 5) is 0. The third-order valence-corrected chi connectivity index (χ3v) is 10.6. The van der Waals surface area contributed by atoms with Crippen LogP contribution in [0.4, 0.5) is 0 Å². The molecule has 304 valence electrons. The first kappa shape index (κ1) is 41.0. The molecule has 1 heterocycles. The molecule has 1 fully saturated rings. The molecule has 1 N–H and O–H groups in total. The minimum absolute atomic E-state index is 0.210. The Morgan fingerprint density at radius 1 is 0.569 bits per heavy atom. The number of rotatable bonds is 19. The number of fused-ring (bicyclic) bond motifs is 2. The van der Waals surface area contributed by atoms with Gasteiger partial charge in [-0.25, -0.2) is 0 Å². The molecule has 6 aromatic rings. The van der Waals surface area contributed by atoms with Crippen molar-refractivity contribution in [2.45, 2.75) is 43.7 Å². The van der Waals surface area contributed by atoms with Gasteiger partial charge in [-0.2, -0.15) is 0 Å². The van der Waals surface area contributed by atoms with E-state index in [1.165, 1.54) is 0 Å². The van der Waals surface area contributed by atoms with E-state index in [1.807, 2.05) is 84.9 Å². The van der Waals surface area contributed by atoms with E-state index in [2.05, 4.69) is 41.7 Å². The summed E-state index contributed by atoms with van der Waals surface area (Å²) >= 11 is 0. The summed E-state index contributed by atoms with van der Waals surface area (Å²) in [7, 11) is 8.35. The fraction of sp³-hybridized carbons (Fsp3) is 0.333. The van der Waals surface area contributed by atoms with Gasteiger partial charge in [-0.05, 0) is 58.8 Å². The topological polar surface area (TPSA) is 95.1 Å². The van der Waals surface area contributed by atoms with E-state index >= 15 is 0 Å². The minimum atomic E-state index is -0.678. The van der Waals surface area contributed by atoms with Gasteiger partial charge in [0, 0.05) is 67.1 Å². The predicted octanol–water partition coefficient (Wildman–Crippen LogP) is 9.15. The highest BCUT2D eigenvalue weighted by atomic mass is 16.7. The number of methoxy groups -OCH3 is 5. The van der Waals surface area contributed by atoms with Crippen LogP contribution in [0.3, 0.4) is 0 Å². The van der Waals surface area contributed by atoms with Crippen LogP contribution in [0, 0.1) is 0 Å². The van der Waals surface area contributed by atoms with E-state index in [0.29, 0.717) is 32.9 Å². The van der Waals surface area contributed by atoms with Crippen LogP contribution in [0.1, 0.15) is 47.2 Å². The van der Waals surface area contributed by atoms with E-state index in [4.69, 9.17) is 42.6 Å². The van der Waals surface area contributed by atoms with Crippen LogP contribution in [0.5, 0.6) is 23.0 Å². The third kappa shape index (κ3) is 9.56. The molecule has 0 radical (unpaired) electrons. The van der Waals surface area contributed by atoms with Crippen LogP contribution in [-0.2, 0) is 30.3 Å². The van der Waals surface area contributed by atoms with Gasteiger partial charge in [0.1, 0.15) is 23.0 Å². The largest absolute Gasteiger partial charge is 0.496 e. The lowest BCUT2D eigenvalue weighted by Crippen LogP contribution is -2.51. The standard InChI is InChI=1S/C48H53NO9/c1-50-41-18-11-8-15-35(41)31-55-23-12-24-56-38-21-19-32(20-22-38)46-44(57-47(53-4)36-25-33-13-6-9-16-39(33)42(27-36)51-2)29-49-30-45(46)58-48(54-5)37-26-34-14-7-10-17-40(34)43(28-37)52-3/h6-11,13-22,25-28,44-49H,12,23-24,29-31H2,1-5H3/t44-,45+,46+,47?,48?. The van der Waals surface area contributed by atoms with Gasteiger partial charge in [0.05, 0.1) is 53.4 Å². The molecule has 5 atom stereocenters. The first-order valence-corrected chi connectivity index (χ1v) is 19.7. The highest BCUT2D eigenvalue weighted by Gasteiger charge is 2.39. The second-order valence-electron chi connectivity index (χ2n) is 14.2. The quantitative estimate of drug-likeness (QED) is 0.0633. The fourth-order valence-electron chi connectivity index (χ4n) is 7.76. The number of piperidine rings is 1. The number of hydrogen-bond acceptors (Lipinski definition) is 10. The van der Waals surface area contributed by atoms with E-state index < -0.39 is 12.6 Å². The van der Waals surface area contributed by atoms with Crippen molar-refractivity contribution in [2.24, 2.45) is 0 Å². The molecular weight excluding hydrogens is 735 g/mol. The van der Waals surface area contributed by atoms with Crippen molar-refractivity contribution in [3.05, 3.63) is 144 Å². The Bertz CT molecular complexity index is 2120. The molecule has 1 aliphatic rings. The zero-order valence-electron chi connectivity index (χ0n) is 33.9. The summed E-state index contributed by atoms with van der Waals surface area (Å²) in [6, 6.07) is 40.5. The SMILES string of the molecule is COc1ccccc1COCCCOc1ccc([C@@H]2[C@@H](OC(OC)c3cc(OC)c4ccccc4c3)CNC[C@H]2OC(OC)c2cc(OC)c3ccccc3c2)cc1. The van der Waals surface area contributed by atoms with Gasteiger partial charge >= 0.3 is 0 Å². The monoisotopic (exact) mass is 787 g/mol. The van der Waals surface area contributed by atoms with E-state index in [9.17, 15) is 0 Å².